The molecule has 1 fully saturated rings. The van der Waals surface area contributed by atoms with Gasteiger partial charge in [0.05, 0.1) is 17.0 Å². The molecule has 0 aliphatic carbocycles. The van der Waals surface area contributed by atoms with E-state index >= 15 is 0 Å². The Hall–Kier alpha value is -2.94. The molecule has 2 aliphatic rings. The second-order valence-corrected chi connectivity index (χ2v) is 8.30. The standard InChI is InChI=1S/C21H26N2O7/c1-21(2,3)29-20(27)22-12-16(13-8-10-28-11-9-13)19(26)30-23-17(24)14-6-4-5-7-15(14)18(23)25/h4-7,13,16H,8-12H2,1-3H3,(H,22,27). The number of nitrogens with zero attached hydrogens (tertiary/aromatic N) is 1. The van der Waals surface area contributed by atoms with E-state index in [2.05, 4.69) is 5.32 Å². The molecule has 0 spiro atoms. The van der Waals surface area contributed by atoms with Crippen molar-refractivity contribution in [3.63, 3.8) is 0 Å². The first-order chi connectivity index (χ1) is 14.2. The number of carbonyl (C=O) groups excluding carboxylic acids is 4. The van der Waals surface area contributed by atoms with Crippen LogP contribution in [-0.2, 0) is 19.1 Å². The van der Waals surface area contributed by atoms with Gasteiger partial charge in [-0.3, -0.25) is 9.59 Å². The summed E-state index contributed by atoms with van der Waals surface area (Å²) in [5, 5.41) is 3.08. The molecule has 1 aromatic rings. The third-order valence-electron chi connectivity index (χ3n) is 4.94. The Morgan fingerprint density at radius 1 is 1.13 bits per heavy atom. The molecular weight excluding hydrogens is 392 g/mol. The van der Waals surface area contributed by atoms with E-state index in [1.807, 2.05) is 0 Å². The van der Waals surface area contributed by atoms with Crippen molar-refractivity contribution in [2.24, 2.45) is 11.8 Å². The van der Waals surface area contributed by atoms with Gasteiger partial charge < -0.3 is 19.6 Å². The molecule has 1 unspecified atom stereocenters. The number of hydrogen-bond donors (Lipinski definition) is 1. The number of hydrogen-bond acceptors (Lipinski definition) is 7. The van der Waals surface area contributed by atoms with E-state index in [9.17, 15) is 19.2 Å². The lowest BCUT2D eigenvalue weighted by Gasteiger charge is -2.30. The molecule has 1 aromatic carbocycles. The highest BCUT2D eigenvalue weighted by Gasteiger charge is 2.41. The zero-order valence-electron chi connectivity index (χ0n) is 17.3. The van der Waals surface area contributed by atoms with Crippen molar-refractivity contribution in [1.29, 1.82) is 0 Å². The summed E-state index contributed by atoms with van der Waals surface area (Å²) in [7, 11) is 0. The normalized spacial score (nSPS) is 18.0. The van der Waals surface area contributed by atoms with Crippen molar-refractivity contribution in [3.8, 4) is 0 Å². The topological polar surface area (TPSA) is 111 Å². The van der Waals surface area contributed by atoms with Gasteiger partial charge in [-0.25, -0.2) is 9.59 Å². The molecule has 1 saturated heterocycles. The lowest BCUT2D eigenvalue weighted by Crippen LogP contribution is -2.44. The first-order valence-corrected chi connectivity index (χ1v) is 9.91. The van der Waals surface area contributed by atoms with E-state index in [1.54, 1.807) is 32.9 Å². The minimum Gasteiger partial charge on any atom is -0.444 e. The summed E-state index contributed by atoms with van der Waals surface area (Å²) in [5.74, 6) is -3.01. The number of fused-ring (bicyclic) bond motifs is 1. The molecule has 30 heavy (non-hydrogen) atoms. The predicted octanol–water partition coefficient (Wildman–Crippen LogP) is 2.31. The van der Waals surface area contributed by atoms with Gasteiger partial charge in [0.15, 0.2) is 0 Å². The van der Waals surface area contributed by atoms with Crippen LogP contribution in [0.4, 0.5) is 4.79 Å². The lowest BCUT2D eigenvalue weighted by atomic mass is 9.86. The van der Waals surface area contributed by atoms with E-state index in [1.165, 1.54) is 12.1 Å². The molecule has 9 nitrogen and oxygen atoms in total. The van der Waals surface area contributed by atoms with Crippen molar-refractivity contribution >= 4 is 23.9 Å². The van der Waals surface area contributed by atoms with E-state index in [4.69, 9.17) is 14.3 Å². The van der Waals surface area contributed by atoms with Crippen molar-refractivity contribution in [2.75, 3.05) is 19.8 Å². The molecule has 0 aromatic heterocycles. The summed E-state index contributed by atoms with van der Waals surface area (Å²) >= 11 is 0. The number of imide groups is 1. The van der Waals surface area contributed by atoms with Gasteiger partial charge in [0.1, 0.15) is 5.60 Å². The van der Waals surface area contributed by atoms with Crippen molar-refractivity contribution in [2.45, 2.75) is 39.2 Å². The molecule has 9 heteroatoms. The highest BCUT2D eigenvalue weighted by molar-refractivity contribution is 6.20. The Morgan fingerprint density at radius 3 is 2.23 bits per heavy atom. The minimum atomic E-state index is -0.759. The second kappa shape index (κ2) is 8.83. The van der Waals surface area contributed by atoms with Crippen LogP contribution in [0.5, 0.6) is 0 Å². The summed E-state index contributed by atoms with van der Waals surface area (Å²) in [6.07, 6.45) is 0.531. The Kier molecular flexibility index (Phi) is 6.40. The Balaban J connectivity index is 1.70. The van der Waals surface area contributed by atoms with Crippen molar-refractivity contribution < 1.29 is 33.5 Å². The molecule has 2 heterocycles. The van der Waals surface area contributed by atoms with E-state index < -0.39 is 35.4 Å². The Bertz CT molecular complexity index is 805. The zero-order chi connectivity index (χ0) is 21.9. The van der Waals surface area contributed by atoms with Gasteiger partial charge in [-0.2, -0.15) is 0 Å². The fourth-order valence-corrected chi connectivity index (χ4v) is 3.48. The van der Waals surface area contributed by atoms with Crippen LogP contribution >= 0.6 is 0 Å². The molecule has 1 atom stereocenters. The number of amides is 3. The van der Waals surface area contributed by atoms with Gasteiger partial charge in [-0.05, 0) is 51.7 Å². The third kappa shape index (κ3) is 4.96. The van der Waals surface area contributed by atoms with E-state index in [-0.39, 0.29) is 23.6 Å². The summed E-state index contributed by atoms with van der Waals surface area (Å²) in [4.78, 5) is 55.2. The lowest BCUT2D eigenvalue weighted by molar-refractivity contribution is -0.176. The summed E-state index contributed by atoms with van der Waals surface area (Å²) in [6.45, 7) is 6.13. The van der Waals surface area contributed by atoms with Crippen LogP contribution in [0.25, 0.3) is 0 Å². The van der Waals surface area contributed by atoms with Gasteiger partial charge in [0.2, 0.25) is 0 Å². The average molecular weight is 418 g/mol. The molecule has 3 amide bonds. The van der Waals surface area contributed by atoms with Crippen molar-refractivity contribution in [1.82, 2.24) is 10.4 Å². The maximum absolute atomic E-state index is 12.9. The van der Waals surface area contributed by atoms with Crippen LogP contribution in [0.2, 0.25) is 0 Å². The minimum absolute atomic E-state index is 0.0401. The Morgan fingerprint density at radius 2 is 1.70 bits per heavy atom. The number of alkyl carbamates (subject to hydrolysis) is 1. The van der Waals surface area contributed by atoms with Gasteiger partial charge in [0.25, 0.3) is 11.8 Å². The van der Waals surface area contributed by atoms with Crippen LogP contribution in [0, 0.1) is 11.8 Å². The van der Waals surface area contributed by atoms with Crippen LogP contribution in [0.1, 0.15) is 54.3 Å². The summed E-state index contributed by atoms with van der Waals surface area (Å²) < 4.78 is 10.6. The van der Waals surface area contributed by atoms with Gasteiger partial charge >= 0.3 is 12.1 Å². The first kappa shape index (κ1) is 21.8. The number of rotatable bonds is 5. The quantitative estimate of drug-likeness (QED) is 0.731. The number of ether oxygens (including phenoxy) is 2. The largest absolute Gasteiger partial charge is 0.444 e. The number of carbonyl (C=O) groups is 4. The number of hydroxylamine groups is 2. The molecule has 0 radical (unpaired) electrons. The zero-order valence-corrected chi connectivity index (χ0v) is 17.3. The van der Waals surface area contributed by atoms with Gasteiger partial charge in [0, 0.05) is 19.8 Å². The van der Waals surface area contributed by atoms with Gasteiger partial charge in [-0.15, -0.1) is 0 Å². The molecule has 0 saturated carbocycles. The maximum atomic E-state index is 12.9. The van der Waals surface area contributed by atoms with Crippen LogP contribution in [0.15, 0.2) is 24.3 Å². The second-order valence-electron chi connectivity index (χ2n) is 8.30. The smallest absolute Gasteiger partial charge is 0.407 e. The number of nitrogens with one attached hydrogen (secondary N) is 1. The first-order valence-electron chi connectivity index (χ1n) is 9.91. The fraction of sp³-hybridized carbons (Fsp3) is 0.524. The van der Waals surface area contributed by atoms with Crippen LogP contribution in [-0.4, -0.2) is 54.3 Å². The molecule has 3 rings (SSSR count). The number of benzene rings is 1. The monoisotopic (exact) mass is 418 g/mol. The highest BCUT2D eigenvalue weighted by Crippen LogP contribution is 2.28. The maximum Gasteiger partial charge on any atom is 0.407 e. The third-order valence-corrected chi connectivity index (χ3v) is 4.94. The Labute approximate surface area is 174 Å². The van der Waals surface area contributed by atoms with E-state index in [0.29, 0.717) is 31.1 Å². The fourth-order valence-electron chi connectivity index (χ4n) is 3.48. The highest BCUT2D eigenvalue weighted by atomic mass is 16.7. The molecular formula is C21H26N2O7. The van der Waals surface area contributed by atoms with E-state index in [0.717, 1.165) is 0 Å². The van der Waals surface area contributed by atoms with Crippen molar-refractivity contribution in [3.05, 3.63) is 35.4 Å². The molecule has 2 aliphatic heterocycles. The average Bonchev–Trinajstić information content (AvgIpc) is 2.93. The van der Waals surface area contributed by atoms with Crippen LogP contribution in [0.3, 0.4) is 0 Å². The SMILES string of the molecule is CC(C)(C)OC(=O)NCC(C(=O)ON1C(=O)c2ccccc2C1=O)C1CCOCC1. The van der Waals surface area contributed by atoms with Crippen LogP contribution < -0.4 is 5.32 Å². The summed E-state index contributed by atoms with van der Waals surface area (Å²) in [6, 6.07) is 6.27. The molecule has 0 bridgehead atoms. The molecule has 1 N–H and O–H groups in total. The van der Waals surface area contributed by atoms with Gasteiger partial charge in [-0.1, -0.05) is 17.2 Å². The molecule has 162 valence electrons. The predicted molar refractivity (Wildman–Crippen MR) is 104 cm³/mol. The summed E-state index contributed by atoms with van der Waals surface area (Å²) in [5.41, 5.74) is -0.312.